The maximum absolute atomic E-state index is 12.0. The van der Waals surface area contributed by atoms with Gasteiger partial charge in [-0.05, 0) is 31.8 Å². The highest BCUT2D eigenvalue weighted by Gasteiger charge is 2.17. The number of hydrogen-bond donors (Lipinski definition) is 1. The maximum atomic E-state index is 12.0. The lowest BCUT2D eigenvalue weighted by atomic mass is 10.1. The summed E-state index contributed by atoms with van der Waals surface area (Å²) in [5.41, 5.74) is 1.40. The summed E-state index contributed by atoms with van der Waals surface area (Å²) in [5, 5.41) is 11.1. The monoisotopic (exact) mass is 307 g/mol. The van der Waals surface area contributed by atoms with Gasteiger partial charge in [0.15, 0.2) is 5.69 Å². The molecule has 2 rings (SSSR count). The van der Waals surface area contributed by atoms with E-state index in [-0.39, 0.29) is 11.9 Å². The van der Waals surface area contributed by atoms with Gasteiger partial charge < -0.3 is 10.2 Å². The van der Waals surface area contributed by atoms with Crippen LogP contribution in [0.15, 0.2) is 30.5 Å². The van der Waals surface area contributed by atoms with Crippen LogP contribution in [0, 0.1) is 0 Å². The van der Waals surface area contributed by atoms with Gasteiger partial charge >= 0.3 is 0 Å². The van der Waals surface area contributed by atoms with Gasteiger partial charge in [0.25, 0.3) is 5.91 Å². The Morgan fingerprint density at radius 3 is 2.57 bits per heavy atom. The summed E-state index contributed by atoms with van der Waals surface area (Å²) in [5.74, 6) is -0.232. The molecule has 7 heteroatoms. The zero-order valence-corrected chi connectivity index (χ0v) is 13.0. The number of carbonyl (C=O) groups is 1. The first-order valence-electron chi connectivity index (χ1n) is 6.54. The summed E-state index contributed by atoms with van der Waals surface area (Å²) in [6.45, 7) is 0.476. The second kappa shape index (κ2) is 6.69. The summed E-state index contributed by atoms with van der Waals surface area (Å²) in [7, 11) is 5.65. The van der Waals surface area contributed by atoms with Crippen molar-refractivity contribution >= 4 is 17.5 Å². The highest BCUT2D eigenvalue weighted by molar-refractivity contribution is 6.30. The molecule has 0 bridgehead atoms. The van der Waals surface area contributed by atoms with Crippen LogP contribution in [0.5, 0.6) is 0 Å². The molecule has 112 valence electrons. The molecule has 0 saturated carbocycles. The molecule has 0 fully saturated rings. The first-order chi connectivity index (χ1) is 9.97. The molecule has 0 aliphatic rings. The van der Waals surface area contributed by atoms with Crippen LogP contribution in [0.4, 0.5) is 0 Å². The molecule has 1 atom stereocenters. The molecular formula is C14H18ClN5O. The van der Waals surface area contributed by atoms with Crippen LogP contribution in [0.25, 0.3) is 0 Å². The third-order valence-corrected chi connectivity index (χ3v) is 3.42. The van der Waals surface area contributed by atoms with Crippen molar-refractivity contribution in [3.8, 4) is 0 Å². The maximum Gasteiger partial charge on any atom is 0.273 e. The van der Waals surface area contributed by atoms with E-state index in [0.29, 0.717) is 17.3 Å². The van der Waals surface area contributed by atoms with Crippen LogP contribution < -0.4 is 5.32 Å². The Bertz CT molecular complexity index is 608. The Kier molecular flexibility index (Phi) is 4.93. The summed E-state index contributed by atoms with van der Waals surface area (Å²) in [4.78, 5) is 14.0. The first-order valence-corrected chi connectivity index (χ1v) is 6.91. The van der Waals surface area contributed by atoms with Crippen molar-refractivity contribution in [3.05, 3.63) is 46.7 Å². The molecule has 1 unspecified atom stereocenters. The van der Waals surface area contributed by atoms with Gasteiger partial charge in [-0.1, -0.05) is 28.9 Å². The van der Waals surface area contributed by atoms with Crippen molar-refractivity contribution in [3.63, 3.8) is 0 Å². The fraction of sp³-hybridized carbons (Fsp3) is 0.357. The largest absolute Gasteiger partial charge is 0.349 e. The molecule has 0 spiro atoms. The van der Waals surface area contributed by atoms with E-state index in [2.05, 4.69) is 15.6 Å². The average Bonchev–Trinajstić information content (AvgIpc) is 2.87. The van der Waals surface area contributed by atoms with Crippen molar-refractivity contribution in [2.75, 3.05) is 20.6 Å². The minimum atomic E-state index is -0.232. The number of carbonyl (C=O) groups excluding carboxylic acids is 1. The Hall–Kier alpha value is -1.92. The normalized spacial score (nSPS) is 12.4. The average molecular weight is 308 g/mol. The summed E-state index contributed by atoms with van der Waals surface area (Å²) >= 11 is 5.90. The number of aromatic nitrogens is 3. The molecule has 1 heterocycles. The lowest BCUT2D eigenvalue weighted by molar-refractivity contribution is 0.0937. The minimum Gasteiger partial charge on any atom is -0.349 e. The van der Waals surface area contributed by atoms with Crippen molar-refractivity contribution in [1.82, 2.24) is 25.2 Å². The molecule has 1 amide bonds. The molecule has 1 aromatic carbocycles. The van der Waals surface area contributed by atoms with Crippen LogP contribution >= 0.6 is 11.6 Å². The van der Waals surface area contributed by atoms with E-state index in [1.165, 1.54) is 4.68 Å². The number of hydrogen-bond acceptors (Lipinski definition) is 4. The molecule has 6 nitrogen and oxygen atoms in total. The summed E-state index contributed by atoms with van der Waals surface area (Å²) < 4.78 is 1.50. The first kappa shape index (κ1) is 15.5. The predicted molar refractivity (Wildman–Crippen MR) is 81.2 cm³/mol. The quantitative estimate of drug-likeness (QED) is 0.909. The fourth-order valence-corrected chi connectivity index (χ4v) is 2.14. The predicted octanol–water partition coefficient (Wildman–Crippen LogP) is 1.50. The number of rotatable bonds is 5. The highest BCUT2D eigenvalue weighted by Crippen LogP contribution is 2.19. The number of likely N-dealkylation sites (N-methyl/N-ethyl adjacent to an activating group) is 1. The van der Waals surface area contributed by atoms with Crippen molar-refractivity contribution in [1.29, 1.82) is 0 Å². The Labute approximate surface area is 128 Å². The van der Waals surface area contributed by atoms with E-state index < -0.39 is 0 Å². The molecule has 1 N–H and O–H groups in total. The number of halogens is 1. The van der Waals surface area contributed by atoms with Gasteiger partial charge in [0.1, 0.15) is 0 Å². The molecule has 0 aliphatic carbocycles. The Balaban J connectivity index is 2.03. The van der Waals surface area contributed by atoms with E-state index in [1.54, 1.807) is 13.2 Å². The molecular weight excluding hydrogens is 290 g/mol. The van der Waals surface area contributed by atoms with E-state index in [0.717, 1.165) is 5.56 Å². The van der Waals surface area contributed by atoms with Gasteiger partial charge in [0.2, 0.25) is 0 Å². The fourth-order valence-electron chi connectivity index (χ4n) is 2.01. The smallest absolute Gasteiger partial charge is 0.273 e. The zero-order valence-electron chi connectivity index (χ0n) is 12.2. The lowest BCUT2D eigenvalue weighted by Gasteiger charge is -2.25. The van der Waals surface area contributed by atoms with Crippen LogP contribution in [0.1, 0.15) is 22.1 Å². The Morgan fingerprint density at radius 1 is 1.38 bits per heavy atom. The van der Waals surface area contributed by atoms with Gasteiger partial charge in [-0.25, -0.2) is 0 Å². The van der Waals surface area contributed by atoms with Gasteiger partial charge in [0.05, 0.1) is 12.2 Å². The molecule has 2 aromatic rings. The molecule has 21 heavy (non-hydrogen) atoms. The second-order valence-electron chi connectivity index (χ2n) is 5.02. The van der Waals surface area contributed by atoms with Crippen molar-refractivity contribution < 1.29 is 4.79 Å². The number of amides is 1. The number of nitrogens with zero attached hydrogens (tertiary/aromatic N) is 4. The number of aryl methyl sites for hydroxylation is 1. The summed E-state index contributed by atoms with van der Waals surface area (Å²) in [6, 6.07) is 7.67. The number of nitrogens with one attached hydrogen (secondary N) is 1. The van der Waals surface area contributed by atoms with Crippen LogP contribution in [0.2, 0.25) is 5.02 Å². The van der Waals surface area contributed by atoms with Gasteiger partial charge in [0, 0.05) is 18.6 Å². The highest BCUT2D eigenvalue weighted by atomic mass is 35.5. The second-order valence-corrected chi connectivity index (χ2v) is 5.45. The topological polar surface area (TPSA) is 63.1 Å². The minimum absolute atomic E-state index is 0.0582. The summed E-state index contributed by atoms with van der Waals surface area (Å²) in [6.07, 6.45) is 1.59. The Morgan fingerprint density at radius 2 is 2.05 bits per heavy atom. The zero-order chi connectivity index (χ0) is 15.4. The van der Waals surface area contributed by atoms with Crippen LogP contribution in [-0.4, -0.2) is 46.4 Å². The SMILES string of the molecule is CN(C)C(CNC(=O)c1cn(C)nn1)c1ccc(Cl)cc1. The van der Waals surface area contributed by atoms with E-state index in [1.807, 2.05) is 43.3 Å². The van der Waals surface area contributed by atoms with Crippen molar-refractivity contribution in [2.45, 2.75) is 6.04 Å². The molecule has 1 aromatic heterocycles. The molecule has 0 aliphatic heterocycles. The van der Waals surface area contributed by atoms with E-state index >= 15 is 0 Å². The molecule has 0 saturated heterocycles. The lowest BCUT2D eigenvalue weighted by Crippen LogP contribution is -2.34. The standard InChI is InChI=1S/C14H18ClN5O/c1-19(2)13(10-4-6-11(15)7-5-10)8-16-14(21)12-9-20(3)18-17-12/h4-7,9,13H,8H2,1-3H3,(H,16,21). The third-order valence-electron chi connectivity index (χ3n) is 3.17. The van der Waals surface area contributed by atoms with E-state index in [4.69, 9.17) is 11.6 Å². The number of benzene rings is 1. The van der Waals surface area contributed by atoms with Gasteiger partial charge in [-0.2, -0.15) is 0 Å². The van der Waals surface area contributed by atoms with Crippen molar-refractivity contribution in [2.24, 2.45) is 7.05 Å². The van der Waals surface area contributed by atoms with Gasteiger partial charge in [-0.15, -0.1) is 5.10 Å². The van der Waals surface area contributed by atoms with Gasteiger partial charge in [-0.3, -0.25) is 9.48 Å². The van der Waals surface area contributed by atoms with Crippen LogP contribution in [-0.2, 0) is 7.05 Å². The van der Waals surface area contributed by atoms with E-state index in [9.17, 15) is 4.79 Å². The molecule has 0 radical (unpaired) electrons. The van der Waals surface area contributed by atoms with Crippen LogP contribution in [0.3, 0.4) is 0 Å². The third kappa shape index (κ3) is 4.03.